The third-order valence-electron chi connectivity index (χ3n) is 2.77. The van der Waals surface area contributed by atoms with Gasteiger partial charge in [-0.2, -0.15) is 0 Å². The van der Waals surface area contributed by atoms with Crippen LogP contribution >= 0.6 is 27.5 Å². The van der Waals surface area contributed by atoms with E-state index in [0.717, 1.165) is 6.07 Å². The van der Waals surface area contributed by atoms with E-state index < -0.39 is 15.8 Å². The van der Waals surface area contributed by atoms with Crippen LogP contribution in [0.3, 0.4) is 0 Å². The van der Waals surface area contributed by atoms with E-state index in [4.69, 9.17) is 17.3 Å². The van der Waals surface area contributed by atoms with Crippen molar-refractivity contribution in [1.29, 1.82) is 0 Å². The second-order valence-corrected chi connectivity index (χ2v) is 7.26. The van der Waals surface area contributed by atoms with Gasteiger partial charge in [-0.1, -0.05) is 17.7 Å². The smallest absolute Gasteiger partial charge is 0.262 e. The number of nitrogen functional groups attached to an aromatic ring is 1. The van der Waals surface area contributed by atoms with Crippen LogP contribution in [0.25, 0.3) is 0 Å². The number of aryl methyl sites for hydroxylation is 1. The first-order valence-corrected chi connectivity index (χ1v) is 8.40. The molecule has 2 rings (SSSR count). The summed E-state index contributed by atoms with van der Waals surface area (Å²) in [7, 11) is -3.98. The minimum atomic E-state index is -3.98. The van der Waals surface area contributed by atoms with Gasteiger partial charge < -0.3 is 5.73 Å². The van der Waals surface area contributed by atoms with E-state index in [1.165, 1.54) is 24.3 Å². The zero-order chi connectivity index (χ0) is 15.8. The zero-order valence-corrected chi connectivity index (χ0v) is 14.0. The van der Waals surface area contributed by atoms with E-state index in [0.29, 0.717) is 15.1 Å². The zero-order valence-electron chi connectivity index (χ0n) is 10.8. The molecule has 0 aliphatic carbocycles. The van der Waals surface area contributed by atoms with E-state index >= 15 is 0 Å². The average molecular weight is 394 g/mol. The maximum absolute atomic E-state index is 13.7. The Hall–Kier alpha value is -1.31. The van der Waals surface area contributed by atoms with Gasteiger partial charge in [0.15, 0.2) is 0 Å². The van der Waals surface area contributed by atoms with Crippen LogP contribution in [0, 0.1) is 12.7 Å². The van der Waals surface area contributed by atoms with Gasteiger partial charge in [-0.3, -0.25) is 4.72 Å². The molecule has 8 heteroatoms. The molecule has 2 aromatic rings. The van der Waals surface area contributed by atoms with Gasteiger partial charge >= 0.3 is 0 Å². The van der Waals surface area contributed by atoms with Crippen LogP contribution in [0.1, 0.15) is 5.56 Å². The molecule has 2 aromatic carbocycles. The van der Waals surface area contributed by atoms with Crippen LogP contribution in [0.15, 0.2) is 39.7 Å². The maximum Gasteiger partial charge on any atom is 0.262 e. The molecule has 0 aliphatic heterocycles. The number of benzene rings is 2. The fourth-order valence-electron chi connectivity index (χ4n) is 1.71. The van der Waals surface area contributed by atoms with E-state index in [1.807, 2.05) is 0 Å². The van der Waals surface area contributed by atoms with E-state index in [1.54, 1.807) is 6.92 Å². The lowest BCUT2D eigenvalue weighted by Crippen LogP contribution is -2.15. The molecule has 21 heavy (non-hydrogen) atoms. The largest absolute Gasteiger partial charge is 0.397 e. The molecule has 0 unspecified atom stereocenters. The second-order valence-electron chi connectivity index (χ2n) is 4.35. The Morgan fingerprint density at radius 1 is 1.33 bits per heavy atom. The van der Waals surface area contributed by atoms with Crippen molar-refractivity contribution in [1.82, 2.24) is 0 Å². The first kappa shape index (κ1) is 16.1. The Balaban J connectivity index is 2.49. The molecular formula is C13H11BrClFN2O2S. The number of rotatable bonds is 3. The maximum atomic E-state index is 13.7. The van der Waals surface area contributed by atoms with Gasteiger partial charge in [0.1, 0.15) is 5.82 Å². The summed E-state index contributed by atoms with van der Waals surface area (Å²) in [5.74, 6) is -0.688. The van der Waals surface area contributed by atoms with Crippen LogP contribution in [-0.4, -0.2) is 8.42 Å². The highest BCUT2D eigenvalue weighted by Gasteiger charge is 2.20. The van der Waals surface area contributed by atoms with Crippen molar-refractivity contribution in [2.24, 2.45) is 0 Å². The standard InChI is InChI=1S/C13H11BrClFN2O2S/c1-7-5-8(6-11(17)12(7)15)21(19,20)18-13-9(14)3-2-4-10(13)16/h2-6,18H,17H2,1H3. The Morgan fingerprint density at radius 2 is 2.00 bits per heavy atom. The van der Waals surface area contributed by atoms with Crippen molar-refractivity contribution < 1.29 is 12.8 Å². The topological polar surface area (TPSA) is 72.2 Å². The Labute approximate surface area is 135 Å². The third-order valence-corrected chi connectivity index (χ3v) is 5.27. The molecule has 0 saturated carbocycles. The van der Waals surface area contributed by atoms with Crippen LogP contribution in [0.4, 0.5) is 15.8 Å². The second kappa shape index (κ2) is 5.82. The predicted molar refractivity (Wildman–Crippen MR) is 85.5 cm³/mol. The Morgan fingerprint density at radius 3 is 2.57 bits per heavy atom. The highest BCUT2D eigenvalue weighted by atomic mass is 79.9. The molecule has 0 amide bonds. The van der Waals surface area contributed by atoms with Crippen LogP contribution in [0.5, 0.6) is 0 Å². The summed E-state index contributed by atoms with van der Waals surface area (Å²) in [6, 6.07) is 6.75. The van der Waals surface area contributed by atoms with Crippen molar-refractivity contribution in [3.05, 3.63) is 51.2 Å². The highest BCUT2D eigenvalue weighted by molar-refractivity contribution is 9.10. The number of halogens is 3. The molecule has 3 N–H and O–H groups in total. The summed E-state index contributed by atoms with van der Waals surface area (Å²) in [6.07, 6.45) is 0. The van der Waals surface area contributed by atoms with Gasteiger partial charge in [0, 0.05) is 4.47 Å². The number of para-hydroxylation sites is 1. The summed E-state index contributed by atoms with van der Waals surface area (Å²) >= 11 is 9.00. The molecule has 0 radical (unpaired) electrons. The molecule has 4 nitrogen and oxygen atoms in total. The van der Waals surface area contributed by atoms with Gasteiger partial charge in [-0.05, 0) is 52.7 Å². The van der Waals surface area contributed by atoms with Crippen molar-refractivity contribution in [2.75, 3.05) is 10.5 Å². The number of nitrogens with one attached hydrogen (secondary N) is 1. The third kappa shape index (κ3) is 3.30. The van der Waals surface area contributed by atoms with Gasteiger partial charge in [-0.15, -0.1) is 0 Å². The van der Waals surface area contributed by atoms with E-state index in [9.17, 15) is 12.8 Å². The van der Waals surface area contributed by atoms with Crippen LogP contribution < -0.4 is 10.5 Å². The van der Waals surface area contributed by atoms with Crippen molar-refractivity contribution >= 4 is 48.9 Å². The van der Waals surface area contributed by atoms with Crippen LogP contribution in [-0.2, 0) is 10.0 Å². The highest BCUT2D eigenvalue weighted by Crippen LogP contribution is 2.30. The molecule has 0 aromatic heterocycles. The van der Waals surface area contributed by atoms with E-state index in [-0.39, 0.29) is 16.3 Å². The van der Waals surface area contributed by atoms with Crippen molar-refractivity contribution in [3.8, 4) is 0 Å². The average Bonchev–Trinajstić information content (AvgIpc) is 2.40. The summed E-state index contributed by atoms with van der Waals surface area (Å²) in [6.45, 7) is 1.64. The van der Waals surface area contributed by atoms with Crippen molar-refractivity contribution in [2.45, 2.75) is 11.8 Å². The lowest BCUT2D eigenvalue weighted by Gasteiger charge is -2.12. The first-order valence-electron chi connectivity index (χ1n) is 5.75. The fourth-order valence-corrected chi connectivity index (χ4v) is 3.60. The molecule has 0 bridgehead atoms. The number of hydrogen-bond acceptors (Lipinski definition) is 3. The molecule has 0 heterocycles. The first-order chi connectivity index (χ1) is 9.72. The Kier molecular flexibility index (Phi) is 4.46. The summed E-state index contributed by atoms with van der Waals surface area (Å²) in [5, 5.41) is 0.293. The lowest BCUT2D eigenvalue weighted by molar-refractivity contribution is 0.598. The Bertz CT molecular complexity index is 769. The van der Waals surface area contributed by atoms with Crippen LogP contribution in [0.2, 0.25) is 5.02 Å². The van der Waals surface area contributed by atoms with Gasteiger partial charge in [0.05, 0.1) is 21.3 Å². The quantitative estimate of drug-likeness (QED) is 0.776. The number of sulfonamides is 1. The molecule has 0 saturated heterocycles. The predicted octanol–water partition coefficient (Wildman–Crippen LogP) is 3.93. The normalized spacial score (nSPS) is 11.4. The van der Waals surface area contributed by atoms with Crippen molar-refractivity contribution in [3.63, 3.8) is 0 Å². The summed E-state index contributed by atoms with van der Waals surface area (Å²) < 4.78 is 40.9. The number of anilines is 2. The molecule has 0 fully saturated rings. The molecule has 112 valence electrons. The molecule has 0 atom stereocenters. The summed E-state index contributed by atoms with van der Waals surface area (Å²) in [4.78, 5) is -0.0861. The van der Waals surface area contributed by atoms with Gasteiger partial charge in [-0.25, -0.2) is 12.8 Å². The molecule has 0 aliphatic rings. The number of hydrogen-bond donors (Lipinski definition) is 2. The number of nitrogens with two attached hydrogens (primary N) is 1. The monoisotopic (exact) mass is 392 g/mol. The molecule has 0 spiro atoms. The lowest BCUT2D eigenvalue weighted by atomic mass is 10.2. The minimum absolute atomic E-state index is 0.0861. The summed E-state index contributed by atoms with van der Waals surface area (Å²) in [5.41, 5.74) is 6.16. The molecular weight excluding hydrogens is 383 g/mol. The SMILES string of the molecule is Cc1cc(S(=O)(=O)Nc2c(F)cccc2Br)cc(N)c1Cl. The fraction of sp³-hybridized carbons (Fsp3) is 0.0769. The van der Waals surface area contributed by atoms with Gasteiger partial charge in [0.25, 0.3) is 10.0 Å². The van der Waals surface area contributed by atoms with E-state index in [2.05, 4.69) is 20.7 Å². The van der Waals surface area contributed by atoms with Gasteiger partial charge in [0.2, 0.25) is 0 Å². The minimum Gasteiger partial charge on any atom is -0.397 e.